The van der Waals surface area contributed by atoms with Gasteiger partial charge in [0, 0.05) is 22.2 Å². The molecule has 0 aliphatic carbocycles. The van der Waals surface area contributed by atoms with Crippen LogP contribution in [0.2, 0.25) is 5.02 Å². The monoisotopic (exact) mass is 437 g/mol. The Kier molecular flexibility index (Phi) is 7.05. The summed E-state index contributed by atoms with van der Waals surface area (Å²) in [5.74, 6) is 0.614. The first kappa shape index (κ1) is 22.1. The van der Waals surface area contributed by atoms with Gasteiger partial charge >= 0.3 is 5.69 Å². The Labute approximate surface area is 184 Å². The average Bonchev–Trinajstić information content (AvgIpc) is 2.76. The van der Waals surface area contributed by atoms with Gasteiger partial charge in [0.2, 0.25) is 0 Å². The second-order valence-electron chi connectivity index (χ2n) is 6.79. The highest BCUT2D eigenvalue weighted by Gasteiger charge is 2.16. The lowest BCUT2D eigenvalue weighted by Gasteiger charge is -2.12. The van der Waals surface area contributed by atoms with E-state index in [-0.39, 0.29) is 23.8 Å². The van der Waals surface area contributed by atoms with Gasteiger partial charge in [-0.3, -0.25) is 14.9 Å². The third kappa shape index (κ3) is 5.71. The Bertz CT molecular complexity index is 1140. The Morgan fingerprint density at radius 1 is 1.06 bits per heavy atom. The highest BCUT2D eigenvalue weighted by Crippen LogP contribution is 2.30. The highest BCUT2D eigenvalue weighted by atomic mass is 35.5. The van der Waals surface area contributed by atoms with Crippen LogP contribution in [0.5, 0.6) is 11.5 Å². The van der Waals surface area contributed by atoms with Crippen LogP contribution in [0.25, 0.3) is 6.08 Å². The van der Waals surface area contributed by atoms with Crippen molar-refractivity contribution in [2.45, 2.75) is 13.5 Å². The molecule has 0 radical (unpaired) electrons. The third-order valence-corrected chi connectivity index (χ3v) is 4.81. The molecule has 0 aliphatic heterocycles. The molecule has 0 bridgehead atoms. The molecule has 0 N–H and O–H groups in total. The first-order valence-corrected chi connectivity index (χ1v) is 9.78. The first-order valence-electron chi connectivity index (χ1n) is 9.40. The van der Waals surface area contributed by atoms with Crippen LogP contribution in [0.4, 0.5) is 5.69 Å². The van der Waals surface area contributed by atoms with E-state index in [0.717, 1.165) is 11.1 Å². The molecule has 0 unspecified atom stereocenters. The number of aryl methyl sites for hydroxylation is 1. The number of allylic oxidation sites excluding steroid dienone is 1. The summed E-state index contributed by atoms with van der Waals surface area (Å²) in [7, 11) is 1.54. The largest absolute Gasteiger partial charge is 0.496 e. The van der Waals surface area contributed by atoms with Crippen LogP contribution in [0.1, 0.15) is 27.0 Å². The van der Waals surface area contributed by atoms with Gasteiger partial charge in [-0.2, -0.15) is 0 Å². The number of carbonyl (C=O) groups excluding carboxylic acids is 1. The summed E-state index contributed by atoms with van der Waals surface area (Å²) >= 11 is 5.85. The van der Waals surface area contributed by atoms with Crippen molar-refractivity contribution < 1.29 is 19.2 Å². The minimum Gasteiger partial charge on any atom is -0.496 e. The maximum Gasteiger partial charge on any atom is 0.310 e. The van der Waals surface area contributed by atoms with E-state index in [0.29, 0.717) is 21.9 Å². The Balaban J connectivity index is 1.80. The summed E-state index contributed by atoms with van der Waals surface area (Å²) in [5.41, 5.74) is 2.74. The normalized spacial score (nSPS) is 10.8. The minimum absolute atomic E-state index is 0.0697. The van der Waals surface area contributed by atoms with Crippen molar-refractivity contribution in [1.82, 2.24) is 0 Å². The fraction of sp³-hybridized carbons (Fsp3) is 0.125. The molecule has 0 aromatic heterocycles. The van der Waals surface area contributed by atoms with Crippen LogP contribution >= 0.6 is 11.6 Å². The second-order valence-corrected chi connectivity index (χ2v) is 7.23. The van der Waals surface area contributed by atoms with Gasteiger partial charge in [0.25, 0.3) is 0 Å². The summed E-state index contributed by atoms with van der Waals surface area (Å²) in [5, 5.41) is 11.8. The molecule has 0 fully saturated rings. The van der Waals surface area contributed by atoms with Gasteiger partial charge in [0.1, 0.15) is 12.4 Å². The fourth-order valence-electron chi connectivity index (χ4n) is 2.94. The summed E-state index contributed by atoms with van der Waals surface area (Å²) < 4.78 is 11.1. The molecular formula is C24H20ClNO5. The zero-order valence-corrected chi connectivity index (χ0v) is 17.8. The molecule has 6 nitrogen and oxygen atoms in total. The quantitative estimate of drug-likeness (QED) is 0.186. The van der Waals surface area contributed by atoms with E-state index in [2.05, 4.69) is 0 Å². The van der Waals surface area contributed by atoms with E-state index in [9.17, 15) is 14.9 Å². The van der Waals surface area contributed by atoms with Gasteiger partial charge in [-0.25, -0.2) is 0 Å². The standard InChI is InChI=1S/C24H20ClNO5/c1-16-3-10-21(26(28)29)24(13-16)31-15-19-14-17(5-12-23(19)30-2)4-11-22(27)18-6-8-20(25)9-7-18/h3-14H,15H2,1-2H3/b11-4+. The molecular weight excluding hydrogens is 418 g/mol. The number of carbonyl (C=O) groups is 1. The molecule has 158 valence electrons. The van der Waals surface area contributed by atoms with Crippen molar-refractivity contribution in [3.63, 3.8) is 0 Å². The molecule has 0 spiro atoms. The average molecular weight is 438 g/mol. The number of hydrogen-bond donors (Lipinski definition) is 0. The molecule has 0 heterocycles. The molecule has 3 aromatic rings. The molecule has 3 rings (SSSR count). The number of hydrogen-bond acceptors (Lipinski definition) is 5. The summed E-state index contributed by atoms with van der Waals surface area (Å²) in [6.07, 6.45) is 3.16. The van der Waals surface area contributed by atoms with Crippen LogP contribution in [-0.4, -0.2) is 17.8 Å². The van der Waals surface area contributed by atoms with Crippen molar-refractivity contribution in [3.05, 3.63) is 104 Å². The number of halogens is 1. The van der Waals surface area contributed by atoms with Crippen molar-refractivity contribution in [3.8, 4) is 11.5 Å². The number of nitro benzene ring substituents is 1. The summed E-state index contributed by atoms with van der Waals surface area (Å²) in [4.78, 5) is 23.1. The molecule has 0 atom stereocenters. The number of methoxy groups -OCH3 is 1. The zero-order chi connectivity index (χ0) is 22.4. The zero-order valence-electron chi connectivity index (χ0n) is 17.0. The summed E-state index contributed by atoms with van der Waals surface area (Å²) in [6.45, 7) is 1.90. The fourth-order valence-corrected chi connectivity index (χ4v) is 3.07. The Hall–Kier alpha value is -3.64. The Morgan fingerprint density at radius 3 is 2.48 bits per heavy atom. The molecule has 7 heteroatoms. The van der Waals surface area contributed by atoms with Gasteiger partial charge in [-0.1, -0.05) is 29.8 Å². The number of nitro groups is 1. The van der Waals surface area contributed by atoms with E-state index in [1.54, 1.807) is 48.5 Å². The van der Waals surface area contributed by atoms with E-state index in [4.69, 9.17) is 21.1 Å². The maximum atomic E-state index is 12.3. The topological polar surface area (TPSA) is 78.7 Å². The lowest BCUT2D eigenvalue weighted by Crippen LogP contribution is -2.02. The van der Waals surface area contributed by atoms with Gasteiger partial charge in [-0.15, -0.1) is 0 Å². The van der Waals surface area contributed by atoms with E-state index in [1.807, 2.05) is 19.1 Å². The van der Waals surface area contributed by atoms with Gasteiger partial charge < -0.3 is 9.47 Å². The van der Waals surface area contributed by atoms with E-state index < -0.39 is 4.92 Å². The molecule has 31 heavy (non-hydrogen) atoms. The SMILES string of the molecule is COc1ccc(/C=C/C(=O)c2ccc(Cl)cc2)cc1COc1cc(C)ccc1[N+](=O)[O-]. The van der Waals surface area contributed by atoms with Crippen LogP contribution < -0.4 is 9.47 Å². The van der Waals surface area contributed by atoms with E-state index in [1.165, 1.54) is 19.3 Å². The minimum atomic E-state index is -0.479. The van der Waals surface area contributed by atoms with Crippen LogP contribution in [0.3, 0.4) is 0 Å². The van der Waals surface area contributed by atoms with Gasteiger partial charge in [0.05, 0.1) is 12.0 Å². The second kappa shape index (κ2) is 9.91. The molecule has 0 amide bonds. The molecule has 0 aliphatic rings. The first-order chi connectivity index (χ1) is 14.9. The van der Waals surface area contributed by atoms with Crippen LogP contribution in [0, 0.1) is 17.0 Å². The number of nitrogens with zero attached hydrogens (tertiary/aromatic N) is 1. The van der Waals surface area contributed by atoms with Crippen molar-refractivity contribution in [2.75, 3.05) is 7.11 Å². The third-order valence-electron chi connectivity index (χ3n) is 4.56. The molecule has 0 saturated heterocycles. The number of ether oxygens (including phenoxy) is 2. The molecule has 3 aromatic carbocycles. The van der Waals surface area contributed by atoms with Gasteiger partial charge in [-0.05, 0) is 66.6 Å². The van der Waals surface area contributed by atoms with Crippen molar-refractivity contribution in [2.24, 2.45) is 0 Å². The lowest BCUT2D eigenvalue weighted by molar-refractivity contribution is -0.386. The van der Waals surface area contributed by atoms with Crippen LogP contribution in [-0.2, 0) is 6.61 Å². The smallest absolute Gasteiger partial charge is 0.310 e. The van der Waals surface area contributed by atoms with Crippen LogP contribution in [0.15, 0.2) is 66.7 Å². The number of rotatable bonds is 8. The molecule has 0 saturated carbocycles. The number of ketones is 1. The van der Waals surface area contributed by atoms with Crippen molar-refractivity contribution >= 4 is 29.1 Å². The van der Waals surface area contributed by atoms with E-state index >= 15 is 0 Å². The Morgan fingerprint density at radius 2 is 1.81 bits per heavy atom. The highest BCUT2D eigenvalue weighted by molar-refractivity contribution is 6.30. The maximum absolute atomic E-state index is 12.3. The summed E-state index contributed by atoms with van der Waals surface area (Å²) in [6, 6.07) is 16.7. The van der Waals surface area contributed by atoms with Crippen molar-refractivity contribution in [1.29, 1.82) is 0 Å². The predicted octanol–water partition coefficient (Wildman–Crippen LogP) is 6.04. The number of benzene rings is 3. The van der Waals surface area contributed by atoms with Gasteiger partial charge in [0.15, 0.2) is 11.5 Å². The predicted molar refractivity (Wildman–Crippen MR) is 120 cm³/mol. The lowest BCUT2D eigenvalue weighted by atomic mass is 10.1.